The molecule has 10 aromatic carbocycles. The Morgan fingerprint density at radius 2 is 0.580 bits per heavy atom. The van der Waals surface area contributed by atoms with Crippen LogP contribution < -0.4 is 0 Å². The molecule has 0 fully saturated rings. The SMILES string of the molecule is c1ccc2cc(-c3ccc(-c4c5ccccc5c(-c5ccc(-c6ccc7ccccc7c6)cc5)c5c4ccc4ccccc45)cc3)ccc2c1. The van der Waals surface area contributed by atoms with Gasteiger partial charge in [0.25, 0.3) is 0 Å². The predicted octanol–water partition coefficient (Wildman–Crippen LogP) is 14.1. The zero-order valence-electron chi connectivity index (χ0n) is 27.5. The second-order valence-corrected chi connectivity index (χ2v) is 13.3. The van der Waals surface area contributed by atoms with Crippen LogP contribution in [0.1, 0.15) is 0 Å². The Hall–Kier alpha value is -6.50. The Labute approximate surface area is 291 Å². The molecule has 10 rings (SSSR count). The van der Waals surface area contributed by atoms with Crippen molar-refractivity contribution >= 4 is 53.9 Å². The molecular weight excluding hydrogens is 601 g/mol. The van der Waals surface area contributed by atoms with Crippen LogP contribution in [0.25, 0.3) is 98.4 Å². The van der Waals surface area contributed by atoms with Crippen molar-refractivity contribution in [2.24, 2.45) is 0 Å². The minimum absolute atomic E-state index is 1.22. The van der Waals surface area contributed by atoms with E-state index in [2.05, 4.69) is 194 Å². The van der Waals surface area contributed by atoms with Crippen LogP contribution in [0.3, 0.4) is 0 Å². The molecule has 0 N–H and O–H groups in total. The molecule has 0 spiro atoms. The average molecular weight is 633 g/mol. The van der Waals surface area contributed by atoms with Crippen molar-refractivity contribution in [3.63, 3.8) is 0 Å². The molecule has 232 valence electrons. The third-order valence-electron chi connectivity index (χ3n) is 10.4. The molecule has 0 nitrogen and oxygen atoms in total. The van der Waals surface area contributed by atoms with Gasteiger partial charge in [-0.1, -0.05) is 182 Å². The van der Waals surface area contributed by atoms with E-state index in [-0.39, 0.29) is 0 Å². The molecule has 0 amide bonds. The zero-order chi connectivity index (χ0) is 33.0. The Bertz CT molecular complexity index is 2890. The molecule has 50 heavy (non-hydrogen) atoms. The van der Waals surface area contributed by atoms with E-state index in [9.17, 15) is 0 Å². The summed E-state index contributed by atoms with van der Waals surface area (Å²) in [5.74, 6) is 0. The van der Waals surface area contributed by atoms with Gasteiger partial charge in [-0.15, -0.1) is 0 Å². The summed E-state index contributed by atoms with van der Waals surface area (Å²) >= 11 is 0. The van der Waals surface area contributed by atoms with E-state index in [0.29, 0.717) is 0 Å². The number of hydrogen-bond acceptors (Lipinski definition) is 0. The van der Waals surface area contributed by atoms with Gasteiger partial charge in [0.1, 0.15) is 0 Å². The van der Waals surface area contributed by atoms with Crippen LogP contribution >= 0.6 is 0 Å². The normalized spacial score (nSPS) is 11.6. The zero-order valence-corrected chi connectivity index (χ0v) is 27.5. The molecule has 0 saturated heterocycles. The maximum Gasteiger partial charge on any atom is -0.00141 e. The lowest BCUT2D eigenvalue weighted by Gasteiger charge is -2.20. The van der Waals surface area contributed by atoms with Gasteiger partial charge >= 0.3 is 0 Å². The van der Waals surface area contributed by atoms with E-state index in [1.807, 2.05) is 0 Å². The van der Waals surface area contributed by atoms with E-state index < -0.39 is 0 Å². The number of hydrogen-bond donors (Lipinski definition) is 0. The predicted molar refractivity (Wildman–Crippen MR) is 216 cm³/mol. The molecule has 0 heteroatoms. The highest BCUT2D eigenvalue weighted by Crippen LogP contribution is 2.46. The molecule has 0 atom stereocenters. The lowest BCUT2D eigenvalue weighted by molar-refractivity contribution is 1.62. The minimum atomic E-state index is 1.22. The summed E-state index contributed by atoms with van der Waals surface area (Å²) in [5, 5.41) is 12.7. The Morgan fingerprint density at radius 1 is 0.200 bits per heavy atom. The Balaban J connectivity index is 1.17. The van der Waals surface area contributed by atoms with Crippen LogP contribution in [0, 0.1) is 0 Å². The van der Waals surface area contributed by atoms with Gasteiger partial charge in [0, 0.05) is 0 Å². The summed E-state index contributed by atoms with van der Waals surface area (Å²) in [6.45, 7) is 0. The summed E-state index contributed by atoms with van der Waals surface area (Å²) in [6, 6.07) is 71.4. The molecular formula is C50H32. The minimum Gasteiger partial charge on any atom is -0.0616 e. The summed E-state index contributed by atoms with van der Waals surface area (Å²) < 4.78 is 0. The van der Waals surface area contributed by atoms with Crippen LogP contribution in [-0.2, 0) is 0 Å². The highest BCUT2D eigenvalue weighted by atomic mass is 14.2. The first-order chi connectivity index (χ1) is 24.8. The molecule has 0 unspecified atom stereocenters. The van der Waals surface area contributed by atoms with Crippen molar-refractivity contribution in [2.75, 3.05) is 0 Å². The largest absolute Gasteiger partial charge is 0.0616 e. The van der Waals surface area contributed by atoms with E-state index in [1.165, 1.54) is 98.4 Å². The average Bonchev–Trinajstić information content (AvgIpc) is 3.19. The molecule has 0 aromatic heterocycles. The lowest BCUT2D eigenvalue weighted by Crippen LogP contribution is -1.92. The van der Waals surface area contributed by atoms with Gasteiger partial charge in [-0.2, -0.15) is 0 Å². The Morgan fingerprint density at radius 3 is 1.14 bits per heavy atom. The first kappa shape index (κ1) is 28.5. The fourth-order valence-corrected chi connectivity index (χ4v) is 7.96. The van der Waals surface area contributed by atoms with Gasteiger partial charge in [0.15, 0.2) is 0 Å². The molecule has 0 aliphatic heterocycles. The van der Waals surface area contributed by atoms with Crippen molar-refractivity contribution in [1.29, 1.82) is 0 Å². The number of rotatable bonds is 4. The monoisotopic (exact) mass is 632 g/mol. The van der Waals surface area contributed by atoms with Crippen molar-refractivity contribution in [1.82, 2.24) is 0 Å². The third kappa shape index (κ3) is 4.69. The maximum absolute atomic E-state index is 2.34. The van der Waals surface area contributed by atoms with Gasteiger partial charge in [0.05, 0.1) is 0 Å². The first-order valence-electron chi connectivity index (χ1n) is 17.3. The second-order valence-electron chi connectivity index (χ2n) is 13.3. The molecule has 10 aromatic rings. The highest BCUT2D eigenvalue weighted by molar-refractivity contribution is 6.28. The number of fused-ring (bicyclic) bond motifs is 6. The van der Waals surface area contributed by atoms with E-state index in [4.69, 9.17) is 0 Å². The van der Waals surface area contributed by atoms with Gasteiger partial charge in [-0.25, -0.2) is 0 Å². The van der Waals surface area contributed by atoms with E-state index in [1.54, 1.807) is 0 Å². The van der Waals surface area contributed by atoms with Gasteiger partial charge in [-0.05, 0) is 111 Å². The van der Waals surface area contributed by atoms with Crippen molar-refractivity contribution < 1.29 is 0 Å². The van der Waals surface area contributed by atoms with Crippen molar-refractivity contribution in [3.05, 3.63) is 194 Å². The van der Waals surface area contributed by atoms with Crippen molar-refractivity contribution in [2.45, 2.75) is 0 Å². The molecule has 0 saturated carbocycles. The smallest absolute Gasteiger partial charge is 0.00141 e. The molecule has 0 aliphatic carbocycles. The third-order valence-corrected chi connectivity index (χ3v) is 10.4. The summed E-state index contributed by atoms with van der Waals surface area (Å²) in [6.07, 6.45) is 0. The molecule has 0 heterocycles. The van der Waals surface area contributed by atoms with E-state index >= 15 is 0 Å². The van der Waals surface area contributed by atoms with E-state index in [0.717, 1.165) is 0 Å². The topological polar surface area (TPSA) is 0 Å². The quantitative estimate of drug-likeness (QED) is 0.134. The lowest BCUT2D eigenvalue weighted by atomic mass is 9.83. The standard InChI is InChI=1S/C50H32/c1-3-12-40-31-42(27-21-33(40)9-1)35-17-23-38(24-18-35)48-45-15-7-8-16-46(45)49(50-44-14-6-5-11-37(44)29-30-47(48)50)39-25-19-36(20-26-39)43-28-22-34-10-2-4-13-41(34)32-43/h1-32H. The second kappa shape index (κ2) is 11.6. The van der Waals surface area contributed by atoms with Crippen LogP contribution in [0.15, 0.2) is 194 Å². The first-order valence-corrected chi connectivity index (χ1v) is 17.3. The number of benzene rings is 10. The molecule has 0 bridgehead atoms. The summed E-state index contributed by atoms with van der Waals surface area (Å²) in [4.78, 5) is 0. The van der Waals surface area contributed by atoms with Gasteiger partial charge < -0.3 is 0 Å². The van der Waals surface area contributed by atoms with Crippen molar-refractivity contribution in [3.8, 4) is 44.5 Å². The molecule has 0 aliphatic rings. The van der Waals surface area contributed by atoms with Crippen LogP contribution in [0.2, 0.25) is 0 Å². The van der Waals surface area contributed by atoms with Crippen LogP contribution in [0.5, 0.6) is 0 Å². The van der Waals surface area contributed by atoms with Crippen LogP contribution in [0.4, 0.5) is 0 Å². The Kier molecular flexibility index (Phi) is 6.60. The highest BCUT2D eigenvalue weighted by Gasteiger charge is 2.19. The van der Waals surface area contributed by atoms with Gasteiger partial charge in [0.2, 0.25) is 0 Å². The summed E-state index contributed by atoms with van der Waals surface area (Å²) in [7, 11) is 0. The molecule has 0 radical (unpaired) electrons. The van der Waals surface area contributed by atoms with Crippen LogP contribution in [-0.4, -0.2) is 0 Å². The van der Waals surface area contributed by atoms with Gasteiger partial charge in [-0.3, -0.25) is 0 Å². The fraction of sp³-hybridized carbons (Fsp3) is 0. The fourth-order valence-electron chi connectivity index (χ4n) is 7.96. The summed E-state index contributed by atoms with van der Waals surface area (Å²) in [5.41, 5.74) is 9.94. The maximum atomic E-state index is 2.34.